The lowest BCUT2D eigenvalue weighted by Crippen LogP contribution is -2.44. The molecule has 0 saturated carbocycles. The molecule has 7 nitrogen and oxygen atoms in total. The van der Waals surface area contributed by atoms with Crippen LogP contribution in [0.4, 0.5) is 17.2 Å². The molecule has 2 aliphatic rings. The second kappa shape index (κ2) is 8.83. The number of carbonyl (C=O) groups excluding carboxylic acids is 2. The molecule has 0 spiro atoms. The zero-order chi connectivity index (χ0) is 21.1. The van der Waals surface area contributed by atoms with Gasteiger partial charge < -0.3 is 20.0 Å². The van der Waals surface area contributed by atoms with Gasteiger partial charge in [0.1, 0.15) is 5.82 Å². The van der Waals surface area contributed by atoms with Crippen LogP contribution in [0.3, 0.4) is 0 Å². The van der Waals surface area contributed by atoms with Crippen molar-refractivity contribution in [3.63, 3.8) is 0 Å². The zero-order valence-corrected chi connectivity index (χ0v) is 17.7. The van der Waals surface area contributed by atoms with E-state index in [2.05, 4.69) is 34.1 Å². The number of hydrogen-bond acceptors (Lipinski definition) is 5. The largest absolute Gasteiger partial charge is 0.354 e. The number of pyridine rings is 1. The van der Waals surface area contributed by atoms with E-state index >= 15 is 0 Å². The Bertz CT molecular complexity index is 889. The van der Waals surface area contributed by atoms with Gasteiger partial charge in [0.15, 0.2) is 0 Å². The van der Waals surface area contributed by atoms with Crippen molar-refractivity contribution in [3.05, 3.63) is 48.2 Å². The van der Waals surface area contributed by atoms with E-state index in [1.165, 1.54) is 5.56 Å². The molecule has 1 unspecified atom stereocenters. The predicted molar refractivity (Wildman–Crippen MR) is 119 cm³/mol. The molecular formula is C23H29N5O2. The lowest BCUT2D eigenvalue weighted by atomic mass is 10.1. The second-order valence-corrected chi connectivity index (χ2v) is 8.11. The zero-order valence-electron chi connectivity index (χ0n) is 17.7. The summed E-state index contributed by atoms with van der Waals surface area (Å²) in [5, 5.41) is 2.92. The molecule has 0 radical (unpaired) electrons. The molecule has 1 N–H and O–H groups in total. The van der Waals surface area contributed by atoms with Gasteiger partial charge in [-0.1, -0.05) is 19.1 Å². The molecule has 158 valence electrons. The van der Waals surface area contributed by atoms with Crippen molar-refractivity contribution < 1.29 is 9.59 Å². The standard InChI is InChI=1S/C23H29N5O2/c1-3-17-4-7-20(8-5-17)28-16-18(14-22(28)29)23(30)25-19-6-9-21(24-15-19)27-12-10-26(2)11-13-27/h4-9,15,18H,3,10-14,16H2,1-2H3,(H,25,30). The van der Waals surface area contributed by atoms with Crippen LogP contribution in [0.5, 0.6) is 0 Å². The number of carbonyl (C=O) groups is 2. The molecule has 2 aromatic rings. The first-order valence-electron chi connectivity index (χ1n) is 10.6. The SMILES string of the molecule is CCc1ccc(N2CC(C(=O)Nc3ccc(N4CCN(C)CC4)nc3)CC2=O)cc1. The van der Waals surface area contributed by atoms with Gasteiger partial charge >= 0.3 is 0 Å². The molecule has 1 atom stereocenters. The molecule has 30 heavy (non-hydrogen) atoms. The summed E-state index contributed by atoms with van der Waals surface area (Å²) < 4.78 is 0. The predicted octanol–water partition coefficient (Wildman–Crippen LogP) is 2.39. The van der Waals surface area contributed by atoms with E-state index in [9.17, 15) is 9.59 Å². The van der Waals surface area contributed by atoms with Gasteiger partial charge in [-0.25, -0.2) is 4.98 Å². The normalized spacial score (nSPS) is 19.9. The van der Waals surface area contributed by atoms with E-state index < -0.39 is 0 Å². The maximum Gasteiger partial charge on any atom is 0.229 e. The highest BCUT2D eigenvalue weighted by Crippen LogP contribution is 2.26. The number of nitrogens with one attached hydrogen (secondary N) is 1. The number of rotatable bonds is 5. The van der Waals surface area contributed by atoms with Crippen molar-refractivity contribution in [1.29, 1.82) is 0 Å². The average molecular weight is 408 g/mol. The fourth-order valence-corrected chi connectivity index (χ4v) is 3.97. The van der Waals surface area contributed by atoms with Gasteiger partial charge in [0.2, 0.25) is 11.8 Å². The van der Waals surface area contributed by atoms with Gasteiger partial charge in [0.25, 0.3) is 0 Å². The monoisotopic (exact) mass is 407 g/mol. The average Bonchev–Trinajstić information content (AvgIpc) is 3.17. The van der Waals surface area contributed by atoms with E-state index in [1.807, 2.05) is 36.4 Å². The quantitative estimate of drug-likeness (QED) is 0.824. The first-order chi connectivity index (χ1) is 14.5. The Kier molecular flexibility index (Phi) is 5.99. The summed E-state index contributed by atoms with van der Waals surface area (Å²) in [4.78, 5) is 36.0. The number of aryl methyl sites for hydroxylation is 1. The maximum atomic E-state index is 12.7. The minimum Gasteiger partial charge on any atom is -0.354 e. The fourth-order valence-electron chi connectivity index (χ4n) is 3.97. The first-order valence-corrected chi connectivity index (χ1v) is 10.6. The molecule has 1 aromatic heterocycles. The van der Waals surface area contributed by atoms with Crippen LogP contribution >= 0.6 is 0 Å². The molecule has 0 bridgehead atoms. The Hall–Kier alpha value is -2.93. The van der Waals surface area contributed by atoms with Crippen molar-refractivity contribution in [2.45, 2.75) is 19.8 Å². The summed E-state index contributed by atoms with van der Waals surface area (Å²) in [6.07, 6.45) is 2.89. The summed E-state index contributed by atoms with van der Waals surface area (Å²) in [5.74, 6) is 0.424. The van der Waals surface area contributed by atoms with E-state index in [0.29, 0.717) is 12.2 Å². The van der Waals surface area contributed by atoms with Crippen LogP contribution in [0.1, 0.15) is 18.9 Å². The third-order valence-corrected chi connectivity index (χ3v) is 5.99. The van der Waals surface area contributed by atoms with E-state index in [-0.39, 0.29) is 24.2 Å². The first kappa shape index (κ1) is 20.3. The Morgan fingerprint density at radius 1 is 1.10 bits per heavy atom. The second-order valence-electron chi connectivity index (χ2n) is 8.11. The minimum absolute atomic E-state index is 0.0112. The van der Waals surface area contributed by atoms with E-state index in [1.54, 1.807) is 11.1 Å². The Morgan fingerprint density at radius 2 is 1.83 bits per heavy atom. The minimum atomic E-state index is -0.361. The molecule has 0 aliphatic carbocycles. The highest BCUT2D eigenvalue weighted by atomic mass is 16.2. The summed E-state index contributed by atoms with van der Waals surface area (Å²) >= 11 is 0. The van der Waals surface area contributed by atoms with E-state index in [0.717, 1.165) is 44.1 Å². The van der Waals surface area contributed by atoms with Crippen LogP contribution in [-0.2, 0) is 16.0 Å². The van der Waals surface area contributed by atoms with Gasteiger partial charge in [-0.15, -0.1) is 0 Å². The van der Waals surface area contributed by atoms with Crippen molar-refractivity contribution in [2.24, 2.45) is 5.92 Å². The lowest BCUT2D eigenvalue weighted by molar-refractivity contribution is -0.122. The number of anilines is 3. The van der Waals surface area contributed by atoms with Crippen LogP contribution in [0.25, 0.3) is 0 Å². The number of benzene rings is 1. The van der Waals surface area contributed by atoms with Crippen molar-refractivity contribution >= 4 is 29.0 Å². The molecule has 3 heterocycles. The molecule has 1 aromatic carbocycles. The summed E-state index contributed by atoms with van der Waals surface area (Å²) in [6, 6.07) is 11.8. The Balaban J connectivity index is 1.35. The van der Waals surface area contributed by atoms with Crippen LogP contribution in [-0.4, -0.2) is 61.5 Å². The lowest BCUT2D eigenvalue weighted by Gasteiger charge is -2.33. The Morgan fingerprint density at radius 3 is 2.47 bits per heavy atom. The number of aromatic nitrogens is 1. The summed E-state index contributed by atoms with van der Waals surface area (Å²) in [7, 11) is 2.12. The summed E-state index contributed by atoms with van der Waals surface area (Å²) in [5.41, 5.74) is 2.74. The molecule has 2 fully saturated rings. The molecule has 2 saturated heterocycles. The summed E-state index contributed by atoms with van der Waals surface area (Å²) in [6.45, 7) is 6.45. The number of hydrogen-bond donors (Lipinski definition) is 1. The van der Waals surface area contributed by atoms with Crippen LogP contribution < -0.4 is 15.1 Å². The van der Waals surface area contributed by atoms with Crippen molar-refractivity contribution in [1.82, 2.24) is 9.88 Å². The van der Waals surface area contributed by atoms with Crippen LogP contribution in [0.15, 0.2) is 42.6 Å². The molecule has 4 rings (SSSR count). The van der Waals surface area contributed by atoms with Gasteiger partial charge in [0.05, 0.1) is 17.8 Å². The van der Waals surface area contributed by atoms with Crippen LogP contribution in [0.2, 0.25) is 0 Å². The molecule has 7 heteroatoms. The van der Waals surface area contributed by atoms with E-state index in [4.69, 9.17) is 0 Å². The third kappa shape index (κ3) is 4.46. The van der Waals surface area contributed by atoms with Gasteiger partial charge in [-0.3, -0.25) is 9.59 Å². The fraction of sp³-hybridized carbons (Fsp3) is 0.435. The number of nitrogens with zero attached hydrogens (tertiary/aromatic N) is 4. The maximum absolute atomic E-state index is 12.7. The topological polar surface area (TPSA) is 68.8 Å². The molecule has 2 aliphatic heterocycles. The number of piperazine rings is 1. The Labute approximate surface area is 177 Å². The smallest absolute Gasteiger partial charge is 0.229 e. The molecule has 2 amide bonds. The highest BCUT2D eigenvalue weighted by molar-refractivity contribution is 6.03. The van der Waals surface area contributed by atoms with Crippen molar-refractivity contribution in [2.75, 3.05) is 54.9 Å². The van der Waals surface area contributed by atoms with Crippen LogP contribution in [0, 0.1) is 5.92 Å². The van der Waals surface area contributed by atoms with Gasteiger partial charge in [0, 0.05) is 44.8 Å². The van der Waals surface area contributed by atoms with Gasteiger partial charge in [-0.05, 0) is 43.3 Å². The number of likely N-dealkylation sites (N-methyl/N-ethyl adjacent to an activating group) is 1. The third-order valence-electron chi connectivity index (χ3n) is 5.99. The van der Waals surface area contributed by atoms with Gasteiger partial charge in [-0.2, -0.15) is 0 Å². The number of amides is 2. The molecular weight excluding hydrogens is 378 g/mol. The highest BCUT2D eigenvalue weighted by Gasteiger charge is 2.35. The van der Waals surface area contributed by atoms with Crippen molar-refractivity contribution in [3.8, 4) is 0 Å².